The van der Waals surface area contributed by atoms with Crippen LogP contribution in [0.5, 0.6) is 0 Å². The van der Waals surface area contributed by atoms with Crippen LogP contribution in [0.2, 0.25) is 0 Å². The summed E-state index contributed by atoms with van der Waals surface area (Å²) in [5, 5.41) is 0.440. The standard InChI is InChI=1S/C19H19F5N2O3S/c1-28-16(27)15-8-25-18(30-15)26-9-12(4-7-14(26)10-29-17(20)21)11-2-5-13(6-3-11)19(22,23)24/h2-3,5-6,8,12,14,17H,4,7,9-10H2,1H3/t12-,14-/m0/s1. The molecular weight excluding hydrogens is 431 g/mol. The lowest BCUT2D eigenvalue weighted by Crippen LogP contribution is -2.45. The first kappa shape index (κ1) is 22.4. The second kappa shape index (κ2) is 9.25. The van der Waals surface area contributed by atoms with Crippen molar-refractivity contribution in [2.45, 2.75) is 37.6 Å². The average molecular weight is 450 g/mol. The van der Waals surface area contributed by atoms with Gasteiger partial charge in [0.1, 0.15) is 4.88 Å². The van der Waals surface area contributed by atoms with Crippen LogP contribution < -0.4 is 4.90 Å². The monoisotopic (exact) mass is 450 g/mol. The van der Waals surface area contributed by atoms with Crippen LogP contribution in [0, 0.1) is 0 Å². The van der Waals surface area contributed by atoms with Gasteiger partial charge in [-0.25, -0.2) is 9.78 Å². The highest BCUT2D eigenvalue weighted by atomic mass is 32.1. The molecule has 0 bridgehead atoms. The van der Waals surface area contributed by atoms with E-state index < -0.39 is 30.4 Å². The number of methoxy groups -OCH3 is 1. The Morgan fingerprint density at radius 3 is 2.57 bits per heavy atom. The summed E-state index contributed by atoms with van der Waals surface area (Å²) in [6, 6.07) is 4.53. The zero-order chi connectivity index (χ0) is 21.9. The predicted molar refractivity (Wildman–Crippen MR) is 100.0 cm³/mol. The van der Waals surface area contributed by atoms with Gasteiger partial charge in [0.2, 0.25) is 0 Å². The molecule has 2 heterocycles. The van der Waals surface area contributed by atoms with E-state index in [1.165, 1.54) is 25.4 Å². The molecule has 0 unspecified atom stereocenters. The van der Waals surface area contributed by atoms with E-state index in [1.807, 2.05) is 0 Å². The van der Waals surface area contributed by atoms with E-state index in [1.54, 1.807) is 4.90 Å². The lowest BCUT2D eigenvalue weighted by atomic mass is 9.87. The van der Waals surface area contributed by atoms with Crippen LogP contribution in [-0.2, 0) is 15.7 Å². The van der Waals surface area contributed by atoms with Crippen LogP contribution in [0.3, 0.4) is 0 Å². The number of anilines is 1. The molecule has 0 radical (unpaired) electrons. The van der Waals surface area contributed by atoms with Crippen LogP contribution >= 0.6 is 11.3 Å². The fourth-order valence-corrected chi connectivity index (χ4v) is 4.34. The molecule has 5 nitrogen and oxygen atoms in total. The first-order chi connectivity index (χ1) is 14.2. The highest BCUT2D eigenvalue weighted by Gasteiger charge is 2.34. The lowest BCUT2D eigenvalue weighted by Gasteiger charge is -2.39. The quantitative estimate of drug-likeness (QED) is 0.461. The zero-order valence-electron chi connectivity index (χ0n) is 15.9. The van der Waals surface area contributed by atoms with Gasteiger partial charge in [0, 0.05) is 12.5 Å². The van der Waals surface area contributed by atoms with E-state index in [0.717, 1.165) is 23.5 Å². The smallest absolute Gasteiger partial charge is 0.416 e. The van der Waals surface area contributed by atoms with Crippen molar-refractivity contribution in [1.82, 2.24) is 4.98 Å². The Labute approximate surface area is 173 Å². The number of ether oxygens (including phenoxy) is 2. The van der Waals surface area contributed by atoms with Gasteiger partial charge in [-0.1, -0.05) is 23.5 Å². The van der Waals surface area contributed by atoms with Crippen molar-refractivity contribution in [2.24, 2.45) is 0 Å². The number of rotatable bonds is 6. The minimum absolute atomic E-state index is 0.124. The molecule has 0 spiro atoms. The summed E-state index contributed by atoms with van der Waals surface area (Å²) in [6.45, 7) is -2.80. The second-order valence-electron chi connectivity index (χ2n) is 6.79. The highest BCUT2D eigenvalue weighted by molar-refractivity contribution is 7.17. The minimum Gasteiger partial charge on any atom is -0.465 e. The number of halogens is 5. The molecule has 11 heteroatoms. The van der Waals surface area contributed by atoms with E-state index in [0.29, 0.717) is 30.1 Å². The largest absolute Gasteiger partial charge is 0.465 e. The van der Waals surface area contributed by atoms with Crippen molar-refractivity contribution in [3.63, 3.8) is 0 Å². The van der Waals surface area contributed by atoms with Crippen LogP contribution in [0.1, 0.15) is 39.6 Å². The predicted octanol–water partition coefficient (Wildman–Crippen LogP) is 4.94. The maximum absolute atomic E-state index is 12.8. The molecule has 1 saturated heterocycles. The SMILES string of the molecule is COC(=O)c1cnc(N2C[C@@H](c3ccc(C(F)(F)F)cc3)CC[C@H]2COC(F)F)s1. The van der Waals surface area contributed by atoms with Crippen molar-refractivity contribution in [2.75, 3.05) is 25.2 Å². The molecule has 1 aliphatic rings. The zero-order valence-corrected chi connectivity index (χ0v) is 16.7. The molecule has 1 aliphatic heterocycles. The summed E-state index contributed by atoms with van der Waals surface area (Å²) < 4.78 is 72.7. The number of hydrogen-bond donors (Lipinski definition) is 0. The first-order valence-electron chi connectivity index (χ1n) is 9.06. The normalized spacial score (nSPS) is 19.9. The van der Waals surface area contributed by atoms with Gasteiger partial charge in [-0.15, -0.1) is 0 Å². The molecule has 3 rings (SSSR count). The number of carbonyl (C=O) groups is 1. The number of aromatic nitrogens is 1. The van der Waals surface area contributed by atoms with Crippen molar-refractivity contribution >= 4 is 22.4 Å². The number of hydrogen-bond acceptors (Lipinski definition) is 6. The summed E-state index contributed by atoms with van der Waals surface area (Å²) in [5.41, 5.74) is -0.0178. The Morgan fingerprint density at radius 1 is 1.27 bits per heavy atom. The van der Waals surface area contributed by atoms with Crippen LogP contribution in [0.25, 0.3) is 0 Å². The van der Waals surface area contributed by atoms with Gasteiger partial charge in [-0.2, -0.15) is 22.0 Å². The number of thiazole rings is 1. The van der Waals surface area contributed by atoms with E-state index in [4.69, 9.17) is 0 Å². The third-order valence-electron chi connectivity index (χ3n) is 4.96. The second-order valence-corrected chi connectivity index (χ2v) is 7.80. The van der Waals surface area contributed by atoms with Crippen molar-refractivity contribution in [3.05, 3.63) is 46.5 Å². The van der Waals surface area contributed by atoms with Gasteiger partial charge >= 0.3 is 18.8 Å². The molecule has 1 aromatic carbocycles. The highest BCUT2D eigenvalue weighted by Crippen LogP contribution is 2.37. The number of nitrogens with zero attached hydrogens (tertiary/aromatic N) is 2. The average Bonchev–Trinajstić information content (AvgIpc) is 3.21. The molecule has 1 fully saturated rings. The van der Waals surface area contributed by atoms with Crippen LogP contribution in [-0.4, -0.2) is 43.9 Å². The molecule has 30 heavy (non-hydrogen) atoms. The van der Waals surface area contributed by atoms with Crippen molar-refractivity contribution in [3.8, 4) is 0 Å². The maximum Gasteiger partial charge on any atom is 0.416 e. The van der Waals surface area contributed by atoms with Crippen molar-refractivity contribution < 1.29 is 36.2 Å². The summed E-state index contributed by atoms with van der Waals surface area (Å²) in [7, 11) is 1.24. The Kier molecular flexibility index (Phi) is 6.91. The topological polar surface area (TPSA) is 51.7 Å². The fraction of sp³-hybridized carbons (Fsp3) is 0.474. The van der Waals surface area contributed by atoms with Gasteiger partial charge in [-0.3, -0.25) is 0 Å². The Morgan fingerprint density at radius 2 is 1.97 bits per heavy atom. The summed E-state index contributed by atoms with van der Waals surface area (Å²) >= 11 is 1.06. The van der Waals surface area contributed by atoms with E-state index in [2.05, 4.69) is 14.5 Å². The number of carbonyl (C=O) groups excluding carboxylic acids is 1. The molecule has 1 aromatic heterocycles. The minimum atomic E-state index is -4.42. The Hall–Kier alpha value is -2.27. The third kappa shape index (κ3) is 5.25. The van der Waals surface area contributed by atoms with Gasteiger partial charge in [0.15, 0.2) is 5.13 Å². The molecule has 164 valence electrons. The van der Waals surface area contributed by atoms with E-state index >= 15 is 0 Å². The number of piperidine rings is 1. The van der Waals surface area contributed by atoms with E-state index in [-0.39, 0.29) is 17.4 Å². The summed E-state index contributed by atoms with van der Waals surface area (Å²) in [5.74, 6) is -0.684. The molecular formula is C19H19F5N2O3S. The van der Waals surface area contributed by atoms with Crippen LogP contribution in [0.4, 0.5) is 27.1 Å². The fourth-order valence-electron chi connectivity index (χ4n) is 3.43. The molecule has 0 aliphatic carbocycles. The molecule has 2 aromatic rings. The number of esters is 1. The van der Waals surface area contributed by atoms with Crippen molar-refractivity contribution in [1.29, 1.82) is 0 Å². The molecule has 0 saturated carbocycles. The lowest BCUT2D eigenvalue weighted by molar-refractivity contribution is -0.137. The first-order valence-corrected chi connectivity index (χ1v) is 9.88. The third-order valence-corrected chi connectivity index (χ3v) is 5.97. The summed E-state index contributed by atoms with van der Waals surface area (Å²) in [4.78, 5) is 18.0. The molecule has 0 amide bonds. The Balaban J connectivity index is 1.81. The molecule has 0 N–H and O–H groups in total. The number of alkyl halides is 5. The Bertz CT molecular complexity index is 857. The van der Waals surface area contributed by atoms with Gasteiger partial charge in [0.05, 0.1) is 31.5 Å². The maximum atomic E-state index is 12.8. The summed E-state index contributed by atoms with van der Waals surface area (Å²) in [6.07, 6.45) is -2.00. The van der Waals surface area contributed by atoms with Gasteiger partial charge < -0.3 is 14.4 Å². The van der Waals surface area contributed by atoms with Gasteiger partial charge in [-0.05, 0) is 30.5 Å². The van der Waals surface area contributed by atoms with Crippen LogP contribution in [0.15, 0.2) is 30.5 Å². The van der Waals surface area contributed by atoms with Gasteiger partial charge in [0.25, 0.3) is 0 Å². The van der Waals surface area contributed by atoms with E-state index in [9.17, 15) is 26.7 Å². The molecule has 2 atom stereocenters. The number of benzene rings is 1.